The summed E-state index contributed by atoms with van der Waals surface area (Å²) in [5.41, 5.74) is 9.18. The number of ketones is 1. The summed E-state index contributed by atoms with van der Waals surface area (Å²) in [6.45, 7) is 10.7. The number of hydrogen-bond donors (Lipinski definition) is 0. The topological polar surface area (TPSA) is 23.6 Å². The van der Waals surface area contributed by atoms with E-state index in [1.54, 1.807) is 0 Å². The zero-order chi connectivity index (χ0) is 25.6. The molecule has 2 heterocycles. The molecule has 1 saturated heterocycles. The highest BCUT2D eigenvalue weighted by Crippen LogP contribution is 2.26. The molecule has 0 amide bonds. The Balaban J connectivity index is 0.00000210. The highest BCUT2D eigenvalue weighted by atomic mass is 35.5. The van der Waals surface area contributed by atoms with Crippen LogP contribution in [0.1, 0.15) is 75.8 Å². The first kappa shape index (κ1) is 31.4. The third-order valence-electron chi connectivity index (χ3n) is 8.51. The Morgan fingerprint density at radius 2 is 1.56 bits per heavy atom. The minimum atomic E-state index is 0. The van der Waals surface area contributed by atoms with E-state index < -0.39 is 0 Å². The quantitative estimate of drug-likeness (QED) is 0.258. The number of likely N-dealkylation sites (tertiary alicyclic amines) is 1. The van der Waals surface area contributed by atoms with Gasteiger partial charge in [-0.25, -0.2) is 0 Å². The molecule has 0 radical (unpaired) electrons. The Morgan fingerprint density at radius 3 is 2.31 bits per heavy atom. The first-order valence-electron chi connectivity index (χ1n) is 14.2. The lowest BCUT2D eigenvalue weighted by Crippen LogP contribution is -2.33. The number of piperidine rings is 1. The van der Waals surface area contributed by atoms with Crippen LogP contribution in [0.5, 0.6) is 0 Å². The van der Waals surface area contributed by atoms with Gasteiger partial charge in [0.05, 0.1) is 0 Å². The third kappa shape index (κ3) is 8.66. The molecule has 1 fully saturated rings. The van der Waals surface area contributed by atoms with Crippen LogP contribution in [0.4, 0.5) is 0 Å². The van der Waals surface area contributed by atoms with Crippen LogP contribution in [0.25, 0.3) is 0 Å². The average molecular weight is 568 g/mol. The highest BCUT2D eigenvalue weighted by molar-refractivity contribution is 5.96. The second kappa shape index (κ2) is 15.0. The number of hydrogen-bond acceptors (Lipinski definition) is 3. The van der Waals surface area contributed by atoms with Crippen LogP contribution < -0.4 is 0 Å². The molecule has 3 aromatic carbocycles. The summed E-state index contributed by atoms with van der Waals surface area (Å²) < 4.78 is 0. The fourth-order valence-corrected chi connectivity index (χ4v) is 6.03. The second-order valence-electron chi connectivity index (χ2n) is 11.4. The maximum Gasteiger partial charge on any atom is 0.162 e. The van der Waals surface area contributed by atoms with Gasteiger partial charge in [0.15, 0.2) is 5.78 Å². The minimum Gasteiger partial charge on any atom is -0.299 e. The molecule has 0 unspecified atom stereocenters. The molecule has 0 bridgehead atoms. The van der Waals surface area contributed by atoms with Crippen molar-refractivity contribution in [3.05, 3.63) is 106 Å². The number of benzene rings is 3. The van der Waals surface area contributed by atoms with Gasteiger partial charge in [0.25, 0.3) is 0 Å². The summed E-state index contributed by atoms with van der Waals surface area (Å²) >= 11 is 0. The fraction of sp³-hybridized carbons (Fsp3) is 0.441. The number of Topliss-reactive ketones (excluding diaryl/α,β-unsaturated/α-hetero) is 1. The standard InChI is InChI=1S/C34H42N2O.2ClH/c1-26-9-11-29(12-10-26)23-36-19-5-8-30-14-15-31(22-33(30)25-36)34(37)16-13-28-17-20-35(21-18-28)24-32-7-4-3-6-27(32)2;;/h3-4,6-7,9-12,14-15,22,28H,5,8,13,16-21,23-25H2,1-2H3;2*1H. The van der Waals surface area contributed by atoms with Crippen molar-refractivity contribution in [3.8, 4) is 0 Å². The van der Waals surface area contributed by atoms with Crippen molar-refractivity contribution in [2.45, 2.75) is 72.0 Å². The Labute approximate surface area is 247 Å². The first-order chi connectivity index (χ1) is 18.0. The van der Waals surface area contributed by atoms with Crippen molar-refractivity contribution in [3.63, 3.8) is 0 Å². The summed E-state index contributed by atoms with van der Waals surface area (Å²) in [6, 6.07) is 24.1. The number of carbonyl (C=O) groups is 1. The van der Waals surface area contributed by atoms with E-state index >= 15 is 0 Å². The number of aryl methyl sites for hydroxylation is 3. The molecule has 2 aliphatic heterocycles. The predicted molar refractivity (Wildman–Crippen MR) is 167 cm³/mol. The monoisotopic (exact) mass is 566 g/mol. The van der Waals surface area contributed by atoms with Crippen molar-refractivity contribution >= 4 is 30.6 Å². The molecule has 0 spiro atoms. The summed E-state index contributed by atoms with van der Waals surface area (Å²) in [7, 11) is 0. The van der Waals surface area contributed by atoms with Crippen LogP contribution in [0.3, 0.4) is 0 Å². The normalized spacial score (nSPS) is 16.5. The molecular formula is C34H44Cl2N2O. The average Bonchev–Trinajstić information content (AvgIpc) is 3.12. The van der Waals surface area contributed by atoms with Gasteiger partial charge >= 0.3 is 0 Å². The summed E-state index contributed by atoms with van der Waals surface area (Å²) in [5, 5.41) is 0. The molecule has 3 aromatic rings. The smallest absolute Gasteiger partial charge is 0.162 e. The molecule has 0 atom stereocenters. The van der Waals surface area contributed by atoms with Gasteiger partial charge in [-0.3, -0.25) is 14.6 Å². The minimum absolute atomic E-state index is 0. The van der Waals surface area contributed by atoms with Crippen molar-refractivity contribution in [1.29, 1.82) is 0 Å². The molecule has 210 valence electrons. The van der Waals surface area contributed by atoms with Gasteiger partial charge in [-0.2, -0.15) is 0 Å². The molecule has 5 heteroatoms. The van der Waals surface area contributed by atoms with Gasteiger partial charge in [-0.1, -0.05) is 66.2 Å². The van der Waals surface area contributed by atoms with Gasteiger partial charge in [-0.05, 0) is 105 Å². The number of carbonyl (C=O) groups excluding carboxylic acids is 1. The van der Waals surface area contributed by atoms with Gasteiger partial charge < -0.3 is 0 Å². The SMILES string of the molecule is Cc1ccc(CN2CCCc3ccc(C(=O)CCC4CCN(Cc5ccccc5C)CC4)cc3C2)cc1.Cl.Cl. The predicted octanol–water partition coefficient (Wildman–Crippen LogP) is 7.97. The summed E-state index contributed by atoms with van der Waals surface area (Å²) in [6.07, 6.45) is 6.39. The van der Waals surface area contributed by atoms with E-state index in [2.05, 4.69) is 90.4 Å². The lowest BCUT2D eigenvalue weighted by atomic mass is 9.89. The van der Waals surface area contributed by atoms with Gasteiger partial charge in [0.1, 0.15) is 0 Å². The summed E-state index contributed by atoms with van der Waals surface area (Å²) in [5.74, 6) is 0.988. The van der Waals surface area contributed by atoms with Crippen molar-refractivity contribution in [2.75, 3.05) is 19.6 Å². The zero-order valence-electron chi connectivity index (χ0n) is 23.5. The number of halogens is 2. The van der Waals surface area contributed by atoms with E-state index in [9.17, 15) is 4.79 Å². The molecule has 5 rings (SSSR count). The second-order valence-corrected chi connectivity index (χ2v) is 11.4. The van der Waals surface area contributed by atoms with E-state index in [1.165, 1.54) is 52.6 Å². The highest BCUT2D eigenvalue weighted by Gasteiger charge is 2.22. The van der Waals surface area contributed by atoms with Crippen LogP contribution in [-0.4, -0.2) is 35.2 Å². The molecule has 3 nitrogen and oxygen atoms in total. The van der Waals surface area contributed by atoms with Crippen LogP contribution in [0.2, 0.25) is 0 Å². The molecular weight excluding hydrogens is 523 g/mol. The third-order valence-corrected chi connectivity index (χ3v) is 8.51. The molecule has 2 aliphatic rings. The van der Waals surface area contributed by atoms with Crippen LogP contribution in [0.15, 0.2) is 66.7 Å². The van der Waals surface area contributed by atoms with Crippen molar-refractivity contribution < 1.29 is 4.79 Å². The summed E-state index contributed by atoms with van der Waals surface area (Å²) in [4.78, 5) is 18.3. The Kier molecular flexibility index (Phi) is 12.1. The van der Waals surface area contributed by atoms with Crippen molar-refractivity contribution in [1.82, 2.24) is 9.80 Å². The van der Waals surface area contributed by atoms with E-state index in [-0.39, 0.29) is 24.8 Å². The van der Waals surface area contributed by atoms with Crippen molar-refractivity contribution in [2.24, 2.45) is 5.92 Å². The molecule has 0 N–H and O–H groups in total. The zero-order valence-corrected chi connectivity index (χ0v) is 25.2. The van der Waals surface area contributed by atoms with E-state index in [1.807, 2.05) is 0 Å². The van der Waals surface area contributed by atoms with E-state index in [4.69, 9.17) is 0 Å². The van der Waals surface area contributed by atoms with Crippen LogP contribution in [-0.2, 0) is 26.1 Å². The molecule has 0 aromatic heterocycles. The lowest BCUT2D eigenvalue weighted by Gasteiger charge is -2.32. The number of nitrogens with zero attached hydrogens (tertiary/aromatic N) is 2. The first-order valence-corrected chi connectivity index (χ1v) is 14.2. The lowest BCUT2D eigenvalue weighted by molar-refractivity contribution is 0.0961. The van der Waals surface area contributed by atoms with E-state index in [0.29, 0.717) is 18.1 Å². The van der Waals surface area contributed by atoms with Gasteiger partial charge in [0.2, 0.25) is 0 Å². The van der Waals surface area contributed by atoms with Crippen LogP contribution >= 0.6 is 24.8 Å². The maximum absolute atomic E-state index is 13.2. The molecule has 0 aliphatic carbocycles. The fourth-order valence-electron chi connectivity index (χ4n) is 6.03. The van der Waals surface area contributed by atoms with Gasteiger partial charge in [-0.15, -0.1) is 24.8 Å². The number of rotatable bonds is 8. The molecule has 39 heavy (non-hydrogen) atoms. The largest absolute Gasteiger partial charge is 0.299 e. The number of fused-ring (bicyclic) bond motifs is 1. The Hall–Kier alpha value is -2.17. The Bertz CT molecular complexity index is 1200. The maximum atomic E-state index is 13.2. The van der Waals surface area contributed by atoms with Gasteiger partial charge in [0, 0.05) is 31.6 Å². The van der Waals surface area contributed by atoms with Crippen LogP contribution in [0, 0.1) is 19.8 Å². The van der Waals surface area contributed by atoms with E-state index in [0.717, 1.165) is 57.7 Å². The Morgan fingerprint density at radius 1 is 0.821 bits per heavy atom. The molecule has 0 saturated carbocycles.